The van der Waals surface area contributed by atoms with Crippen molar-refractivity contribution in [2.24, 2.45) is 5.73 Å². The van der Waals surface area contributed by atoms with Crippen LogP contribution < -0.4 is 5.73 Å². The monoisotopic (exact) mass is 244 g/mol. The number of hydrogen-bond acceptors (Lipinski definition) is 3. The predicted molar refractivity (Wildman–Crippen MR) is 70.8 cm³/mol. The van der Waals surface area contributed by atoms with Gasteiger partial charge >= 0.3 is 0 Å². The Morgan fingerprint density at radius 3 is 2.47 bits per heavy atom. The van der Waals surface area contributed by atoms with Gasteiger partial charge in [0.15, 0.2) is 0 Å². The van der Waals surface area contributed by atoms with E-state index in [1.807, 2.05) is 18.7 Å². The fourth-order valence-corrected chi connectivity index (χ4v) is 1.89. The maximum Gasteiger partial charge on any atom is 0.242 e. The molecule has 0 aliphatic heterocycles. The summed E-state index contributed by atoms with van der Waals surface area (Å²) in [5.41, 5.74) is 5.35. The van der Waals surface area contributed by atoms with Gasteiger partial charge in [0.25, 0.3) is 0 Å². The lowest BCUT2D eigenvalue weighted by atomic mass is 9.95. The Morgan fingerprint density at radius 2 is 2.06 bits per heavy atom. The molecule has 0 bridgehead atoms. The number of hydrogen-bond donors (Lipinski definition) is 1. The van der Waals surface area contributed by atoms with E-state index in [0.29, 0.717) is 19.6 Å². The number of ether oxygens (including phenoxy) is 1. The van der Waals surface area contributed by atoms with Gasteiger partial charge in [0, 0.05) is 19.7 Å². The van der Waals surface area contributed by atoms with Crippen LogP contribution in [-0.2, 0) is 9.53 Å². The van der Waals surface area contributed by atoms with Gasteiger partial charge in [0.05, 0.1) is 12.1 Å². The van der Waals surface area contributed by atoms with Crippen molar-refractivity contribution in [2.75, 3.05) is 20.3 Å². The molecule has 1 amide bonds. The Morgan fingerprint density at radius 1 is 1.47 bits per heavy atom. The predicted octanol–water partition coefficient (Wildman–Crippen LogP) is 1.78. The molecule has 0 saturated heterocycles. The molecule has 102 valence electrons. The third kappa shape index (κ3) is 5.04. The van der Waals surface area contributed by atoms with Gasteiger partial charge in [-0.1, -0.05) is 20.3 Å². The quantitative estimate of drug-likeness (QED) is 0.708. The van der Waals surface area contributed by atoms with E-state index in [4.69, 9.17) is 10.5 Å². The van der Waals surface area contributed by atoms with Crippen molar-refractivity contribution in [1.29, 1.82) is 0 Å². The number of nitrogens with zero attached hydrogens (tertiary/aromatic N) is 1. The molecule has 0 radical (unpaired) electrons. The van der Waals surface area contributed by atoms with E-state index in [-0.39, 0.29) is 11.9 Å². The van der Waals surface area contributed by atoms with Crippen molar-refractivity contribution in [3.8, 4) is 0 Å². The SMILES string of the molecule is CCCC(C)(N)C(=O)N(CCOC)C(C)CC. The van der Waals surface area contributed by atoms with Gasteiger partial charge in [-0.05, 0) is 26.7 Å². The molecule has 0 rings (SSSR count). The molecule has 0 spiro atoms. The van der Waals surface area contributed by atoms with Gasteiger partial charge in [-0.15, -0.1) is 0 Å². The summed E-state index contributed by atoms with van der Waals surface area (Å²) in [5.74, 6) is 0.0331. The van der Waals surface area contributed by atoms with Gasteiger partial charge in [-0.25, -0.2) is 0 Å². The first-order chi connectivity index (χ1) is 7.90. The molecular formula is C13H28N2O2. The molecule has 0 aliphatic rings. The topological polar surface area (TPSA) is 55.6 Å². The lowest BCUT2D eigenvalue weighted by molar-refractivity contribution is -0.139. The van der Waals surface area contributed by atoms with E-state index in [1.54, 1.807) is 7.11 Å². The van der Waals surface area contributed by atoms with E-state index in [9.17, 15) is 4.79 Å². The summed E-state index contributed by atoms with van der Waals surface area (Å²) in [5, 5.41) is 0. The summed E-state index contributed by atoms with van der Waals surface area (Å²) in [4.78, 5) is 14.3. The number of carbonyl (C=O) groups is 1. The summed E-state index contributed by atoms with van der Waals surface area (Å²) < 4.78 is 5.06. The zero-order valence-corrected chi connectivity index (χ0v) is 12.0. The molecule has 0 aromatic rings. The highest BCUT2D eigenvalue weighted by Crippen LogP contribution is 2.16. The second kappa shape index (κ2) is 7.67. The number of methoxy groups -OCH3 is 1. The minimum absolute atomic E-state index is 0.0331. The highest BCUT2D eigenvalue weighted by Gasteiger charge is 2.33. The van der Waals surface area contributed by atoms with E-state index >= 15 is 0 Å². The molecule has 0 aromatic heterocycles. The lowest BCUT2D eigenvalue weighted by Crippen LogP contribution is -2.56. The van der Waals surface area contributed by atoms with Crippen LogP contribution in [0.4, 0.5) is 0 Å². The largest absolute Gasteiger partial charge is 0.383 e. The van der Waals surface area contributed by atoms with Crippen LogP contribution in [0.15, 0.2) is 0 Å². The fourth-order valence-electron chi connectivity index (χ4n) is 1.89. The number of rotatable bonds is 8. The normalized spacial score (nSPS) is 16.4. The van der Waals surface area contributed by atoms with Crippen molar-refractivity contribution < 1.29 is 9.53 Å². The third-order valence-corrected chi connectivity index (χ3v) is 3.18. The molecule has 2 N–H and O–H groups in total. The first-order valence-electron chi connectivity index (χ1n) is 6.49. The van der Waals surface area contributed by atoms with Crippen molar-refractivity contribution in [2.45, 2.75) is 58.5 Å². The van der Waals surface area contributed by atoms with Crippen LogP contribution in [0, 0.1) is 0 Å². The molecule has 0 aromatic carbocycles. The average Bonchev–Trinajstić information content (AvgIpc) is 2.28. The molecule has 0 aliphatic carbocycles. The van der Waals surface area contributed by atoms with Gasteiger partial charge in [-0.2, -0.15) is 0 Å². The van der Waals surface area contributed by atoms with Crippen LogP contribution >= 0.6 is 0 Å². The highest BCUT2D eigenvalue weighted by atomic mass is 16.5. The lowest BCUT2D eigenvalue weighted by Gasteiger charge is -2.35. The van der Waals surface area contributed by atoms with Crippen molar-refractivity contribution in [3.05, 3.63) is 0 Å². The Labute approximate surface area is 105 Å². The second-order valence-electron chi connectivity index (χ2n) is 4.92. The molecule has 17 heavy (non-hydrogen) atoms. The van der Waals surface area contributed by atoms with E-state index < -0.39 is 5.54 Å². The maximum absolute atomic E-state index is 12.4. The zero-order valence-electron chi connectivity index (χ0n) is 12.0. The minimum atomic E-state index is -0.758. The van der Waals surface area contributed by atoms with Crippen LogP contribution in [0.2, 0.25) is 0 Å². The molecule has 2 atom stereocenters. The average molecular weight is 244 g/mol. The van der Waals surface area contributed by atoms with Gasteiger partial charge in [-0.3, -0.25) is 4.79 Å². The molecule has 4 heteroatoms. The summed E-state index contributed by atoms with van der Waals surface area (Å²) in [6, 6.07) is 0.206. The second-order valence-corrected chi connectivity index (χ2v) is 4.92. The first kappa shape index (κ1) is 16.4. The maximum atomic E-state index is 12.4. The fraction of sp³-hybridized carbons (Fsp3) is 0.923. The van der Waals surface area contributed by atoms with Crippen LogP contribution in [0.1, 0.15) is 47.0 Å². The van der Waals surface area contributed by atoms with Crippen molar-refractivity contribution in [1.82, 2.24) is 4.90 Å². The highest BCUT2D eigenvalue weighted by molar-refractivity contribution is 5.85. The Hall–Kier alpha value is -0.610. The van der Waals surface area contributed by atoms with Gasteiger partial charge < -0.3 is 15.4 Å². The summed E-state index contributed by atoms with van der Waals surface area (Å²) in [7, 11) is 1.65. The van der Waals surface area contributed by atoms with Gasteiger partial charge in [0.2, 0.25) is 5.91 Å². The smallest absolute Gasteiger partial charge is 0.242 e. The van der Waals surface area contributed by atoms with E-state index in [0.717, 1.165) is 12.8 Å². The zero-order chi connectivity index (χ0) is 13.5. The Balaban J connectivity index is 4.72. The Bertz CT molecular complexity index is 229. The molecule has 0 fully saturated rings. The number of amides is 1. The molecule has 0 saturated carbocycles. The summed E-state index contributed by atoms with van der Waals surface area (Å²) in [6.07, 6.45) is 2.56. The van der Waals surface area contributed by atoms with Crippen molar-refractivity contribution >= 4 is 5.91 Å². The molecular weight excluding hydrogens is 216 g/mol. The summed E-state index contributed by atoms with van der Waals surface area (Å²) >= 11 is 0. The van der Waals surface area contributed by atoms with Crippen LogP contribution in [0.5, 0.6) is 0 Å². The number of carbonyl (C=O) groups excluding carboxylic acids is 1. The summed E-state index contributed by atoms with van der Waals surface area (Å²) in [6.45, 7) is 9.16. The van der Waals surface area contributed by atoms with Crippen LogP contribution in [-0.4, -0.2) is 42.6 Å². The Kier molecular flexibility index (Phi) is 7.39. The molecule has 0 heterocycles. The van der Waals surface area contributed by atoms with E-state index in [2.05, 4.69) is 13.8 Å². The minimum Gasteiger partial charge on any atom is -0.383 e. The van der Waals surface area contributed by atoms with Gasteiger partial charge in [0.1, 0.15) is 0 Å². The first-order valence-corrected chi connectivity index (χ1v) is 6.49. The van der Waals surface area contributed by atoms with Crippen molar-refractivity contribution in [3.63, 3.8) is 0 Å². The standard InChI is InChI=1S/C13H28N2O2/c1-6-8-13(4,14)12(16)15(9-10-17-5)11(3)7-2/h11H,6-10,14H2,1-5H3. The van der Waals surface area contributed by atoms with Crippen LogP contribution in [0.25, 0.3) is 0 Å². The third-order valence-electron chi connectivity index (χ3n) is 3.18. The van der Waals surface area contributed by atoms with Crippen LogP contribution in [0.3, 0.4) is 0 Å². The molecule has 4 nitrogen and oxygen atoms in total. The van der Waals surface area contributed by atoms with E-state index in [1.165, 1.54) is 0 Å². The number of nitrogens with two attached hydrogens (primary N) is 1. The molecule has 2 unspecified atom stereocenters.